The lowest BCUT2D eigenvalue weighted by molar-refractivity contribution is 0.0689. The molecule has 2 aromatic carbocycles. The average molecular weight is 311 g/mol. The summed E-state index contributed by atoms with van der Waals surface area (Å²) in [5, 5.41) is 11.7. The van der Waals surface area contributed by atoms with Crippen LogP contribution in [0.4, 0.5) is 5.82 Å². The first kappa shape index (κ1) is 14.3. The quantitative estimate of drug-likeness (QED) is 0.568. The Morgan fingerprint density at radius 1 is 1.09 bits per heavy atom. The monoisotopic (exact) mass is 311 g/mol. The first-order chi connectivity index (χ1) is 10.6. The van der Waals surface area contributed by atoms with Crippen LogP contribution in [0.1, 0.15) is 16.1 Å². The van der Waals surface area contributed by atoms with Gasteiger partial charge < -0.3 is 10.8 Å². The molecule has 0 spiro atoms. The summed E-state index contributed by atoms with van der Waals surface area (Å²) in [4.78, 5) is 19.0. The van der Waals surface area contributed by atoms with E-state index in [0.29, 0.717) is 10.9 Å². The Balaban J connectivity index is 1.80. The largest absolute Gasteiger partial charge is 0.477 e. The number of nitrogens with zero attached hydrogens (tertiary/aromatic N) is 2. The van der Waals surface area contributed by atoms with E-state index in [9.17, 15) is 4.79 Å². The van der Waals surface area contributed by atoms with E-state index in [2.05, 4.69) is 34.2 Å². The third-order valence-corrected chi connectivity index (χ3v) is 4.04. The van der Waals surface area contributed by atoms with E-state index < -0.39 is 5.97 Å². The van der Waals surface area contributed by atoms with Crippen molar-refractivity contribution in [1.82, 2.24) is 9.97 Å². The first-order valence-corrected chi connectivity index (χ1v) is 7.59. The SMILES string of the molecule is Nc1cc(C(=O)O)nc(SCc2ccc3ccccc3c2)n1. The molecule has 0 aliphatic carbocycles. The molecule has 22 heavy (non-hydrogen) atoms. The maximum absolute atomic E-state index is 11.0. The van der Waals surface area contributed by atoms with Gasteiger partial charge in [0.2, 0.25) is 0 Å². The summed E-state index contributed by atoms with van der Waals surface area (Å²) in [6.45, 7) is 0. The molecular formula is C16H13N3O2S. The minimum absolute atomic E-state index is 0.0893. The van der Waals surface area contributed by atoms with E-state index in [4.69, 9.17) is 10.8 Å². The van der Waals surface area contributed by atoms with Crippen molar-refractivity contribution in [3.63, 3.8) is 0 Å². The third kappa shape index (κ3) is 3.17. The van der Waals surface area contributed by atoms with Crippen molar-refractivity contribution in [2.45, 2.75) is 10.9 Å². The summed E-state index contributed by atoms with van der Waals surface area (Å²) in [6, 6.07) is 15.6. The summed E-state index contributed by atoms with van der Waals surface area (Å²) >= 11 is 1.36. The van der Waals surface area contributed by atoms with Crippen molar-refractivity contribution >= 4 is 34.3 Å². The van der Waals surface area contributed by atoms with E-state index in [1.165, 1.54) is 28.6 Å². The van der Waals surface area contributed by atoms with Crippen LogP contribution in [-0.2, 0) is 5.75 Å². The lowest BCUT2D eigenvalue weighted by atomic mass is 10.1. The molecule has 0 saturated heterocycles. The van der Waals surface area contributed by atoms with Crippen molar-refractivity contribution in [3.05, 3.63) is 59.8 Å². The number of carboxylic acid groups (broad SMARTS) is 1. The smallest absolute Gasteiger partial charge is 0.354 e. The summed E-state index contributed by atoms with van der Waals surface area (Å²) in [5.41, 5.74) is 6.64. The van der Waals surface area contributed by atoms with Crippen LogP contribution in [0.3, 0.4) is 0 Å². The number of hydrogen-bond donors (Lipinski definition) is 2. The summed E-state index contributed by atoms with van der Waals surface area (Å²) in [7, 11) is 0. The molecule has 0 saturated carbocycles. The van der Waals surface area contributed by atoms with Gasteiger partial charge >= 0.3 is 5.97 Å². The lowest BCUT2D eigenvalue weighted by Crippen LogP contribution is -2.05. The first-order valence-electron chi connectivity index (χ1n) is 6.60. The van der Waals surface area contributed by atoms with Crippen LogP contribution >= 0.6 is 11.8 Å². The highest BCUT2D eigenvalue weighted by atomic mass is 32.2. The molecule has 1 heterocycles. The molecule has 0 aliphatic rings. The molecule has 5 nitrogen and oxygen atoms in total. The molecule has 3 N–H and O–H groups in total. The van der Waals surface area contributed by atoms with E-state index >= 15 is 0 Å². The molecule has 0 fully saturated rings. The van der Waals surface area contributed by atoms with Gasteiger partial charge in [-0.15, -0.1) is 0 Å². The predicted molar refractivity (Wildman–Crippen MR) is 86.9 cm³/mol. The zero-order valence-corrected chi connectivity index (χ0v) is 12.4. The van der Waals surface area contributed by atoms with Gasteiger partial charge in [-0.25, -0.2) is 14.8 Å². The van der Waals surface area contributed by atoms with E-state index in [0.717, 1.165) is 5.56 Å². The van der Waals surface area contributed by atoms with Crippen LogP contribution in [0, 0.1) is 0 Å². The maximum Gasteiger partial charge on any atom is 0.354 e. The lowest BCUT2D eigenvalue weighted by Gasteiger charge is -2.05. The second kappa shape index (κ2) is 6.03. The average Bonchev–Trinajstić information content (AvgIpc) is 2.52. The Morgan fingerprint density at radius 2 is 1.86 bits per heavy atom. The molecule has 3 aromatic rings. The van der Waals surface area contributed by atoms with Crippen molar-refractivity contribution in [2.75, 3.05) is 5.73 Å². The Labute approximate surface area is 131 Å². The Kier molecular flexibility index (Phi) is 3.93. The molecule has 0 bridgehead atoms. The summed E-state index contributed by atoms with van der Waals surface area (Å²) in [5.74, 6) is -0.303. The molecule has 3 rings (SSSR count). The van der Waals surface area contributed by atoms with E-state index in [1.54, 1.807) is 0 Å². The summed E-state index contributed by atoms with van der Waals surface area (Å²) in [6.07, 6.45) is 0. The molecule has 0 radical (unpaired) electrons. The number of carbonyl (C=O) groups is 1. The second-order valence-corrected chi connectivity index (χ2v) is 5.68. The number of nitrogen functional groups attached to an aromatic ring is 1. The highest BCUT2D eigenvalue weighted by Crippen LogP contribution is 2.23. The Morgan fingerprint density at radius 3 is 2.64 bits per heavy atom. The van der Waals surface area contributed by atoms with Gasteiger partial charge in [-0.1, -0.05) is 54.2 Å². The standard InChI is InChI=1S/C16H13N3O2S/c17-14-8-13(15(20)21)18-16(19-14)22-9-10-5-6-11-3-1-2-4-12(11)7-10/h1-8H,9H2,(H,20,21)(H2,17,18,19). The Hall–Kier alpha value is -2.60. The molecule has 0 unspecified atom stereocenters. The van der Waals surface area contributed by atoms with Crippen LogP contribution in [0.25, 0.3) is 10.8 Å². The molecule has 0 amide bonds. The van der Waals surface area contributed by atoms with Gasteiger partial charge in [0, 0.05) is 11.8 Å². The number of rotatable bonds is 4. The van der Waals surface area contributed by atoms with E-state index in [-0.39, 0.29) is 11.5 Å². The van der Waals surface area contributed by atoms with Gasteiger partial charge in [0.1, 0.15) is 5.82 Å². The highest BCUT2D eigenvalue weighted by Gasteiger charge is 2.09. The molecule has 1 aromatic heterocycles. The van der Waals surface area contributed by atoms with Gasteiger partial charge in [0.15, 0.2) is 10.9 Å². The van der Waals surface area contributed by atoms with Crippen LogP contribution in [0.2, 0.25) is 0 Å². The number of nitrogens with two attached hydrogens (primary N) is 1. The predicted octanol–water partition coefficient (Wildman–Crippen LogP) is 3.20. The zero-order chi connectivity index (χ0) is 15.5. The highest BCUT2D eigenvalue weighted by molar-refractivity contribution is 7.98. The summed E-state index contributed by atoms with van der Waals surface area (Å²) < 4.78 is 0. The normalized spacial score (nSPS) is 10.7. The molecule has 6 heteroatoms. The van der Waals surface area contributed by atoms with Crippen molar-refractivity contribution in [2.24, 2.45) is 0 Å². The van der Waals surface area contributed by atoms with Gasteiger partial charge in [-0.3, -0.25) is 0 Å². The van der Waals surface area contributed by atoms with Crippen molar-refractivity contribution < 1.29 is 9.90 Å². The number of carboxylic acids is 1. The number of aromatic nitrogens is 2. The number of fused-ring (bicyclic) bond motifs is 1. The maximum atomic E-state index is 11.0. The van der Waals surface area contributed by atoms with Crippen LogP contribution in [-0.4, -0.2) is 21.0 Å². The number of hydrogen-bond acceptors (Lipinski definition) is 5. The molecular weight excluding hydrogens is 298 g/mol. The van der Waals surface area contributed by atoms with Crippen LogP contribution in [0.5, 0.6) is 0 Å². The number of thioether (sulfide) groups is 1. The topological polar surface area (TPSA) is 89.1 Å². The minimum Gasteiger partial charge on any atom is -0.477 e. The fourth-order valence-corrected chi connectivity index (χ4v) is 2.90. The third-order valence-electron chi connectivity index (χ3n) is 3.13. The van der Waals surface area contributed by atoms with Gasteiger partial charge in [-0.05, 0) is 16.3 Å². The number of benzene rings is 2. The van der Waals surface area contributed by atoms with Crippen LogP contribution < -0.4 is 5.73 Å². The second-order valence-electron chi connectivity index (χ2n) is 4.74. The van der Waals surface area contributed by atoms with Gasteiger partial charge in [-0.2, -0.15) is 0 Å². The number of anilines is 1. The van der Waals surface area contributed by atoms with E-state index in [1.807, 2.05) is 18.2 Å². The fraction of sp³-hybridized carbons (Fsp3) is 0.0625. The number of aromatic carboxylic acids is 1. The van der Waals surface area contributed by atoms with Crippen molar-refractivity contribution in [3.8, 4) is 0 Å². The van der Waals surface area contributed by atoms with Gasteiger partial charge in [0.05, 0.1) is 0 Å². The Bertz CT molecular complexity index is 852. The molecule has 0 atom stereocenters. The zero-order valence-electron chi connectivity index (χ0n) is 11.6. The van der Waals surface area contributed by atoms with Gasteiger partial charge in [0.25, 0.3) is 0 Å². The fourth-order valence-electron chi connectivity index (χ4n) is 2.09. The molecule has 0 aliphatic heterocycles. The minimum atomic E-state index is -1.11. The van der Waals surface area contributed by atoms with Crippen LogP contribution in [0.15, 0.2) is 53.7 Å². The molecule has 110 valence electrons. The van der Waals surface area contributed by atoms with Crippen molar-refractivity contribution in [1.29, 1.82) is 0 Å².